The van der Waals surface area contributed by atoms with Crippen molar-refractivity contribution in [2.45, 2.75) is 90.3 Å². The number of hydrogen-bond acceptors (Lipinski definition) is 10. The molecule has 0 radical (unpaired) electrons. The lowest BCUT2D eigenvalue weighted by atomic mass is 9.48. The van der Waals surface area contributed by atoms with Gasteiger partial charge in [-0.2, -0.15) is 4.89 Å². The van der Waals surface area contributed by atoms with Crippen molar-refractivity contribution in [2.24, 2.45) is 28.6 Å². The third-order valence-corrected chi connectivity index (χ3v) is 9.15. The number of aliphatic hydroxyl groups excluding tert-OH is 1. The summed E-state index contributed by atoms with van der Waals surface area (Å²) in [4.78, 5) is 62.0. The number of carbonyl (C=O) groups excluding carboxylic acids is 3. The van der Waals surface area contributed by atoms with Crippen LogP contribution < -0.4 is 0 Å². The van der Waals surface area contributed by atoms with Gasteiger partial charge < -0.3 is 24.4 Å². The number of ether oxygens (including phenoxy) is 3. The van der Waals surface area contributed by atoms with Gasteiger partial charge in [0.25, 0.3) is 0 Å². The molecule has 3 heterocycles. The quantitative estimate of drug-likeness (QED) is 0.403. The first-order chi connectivity index (χ1) is 16.4. The molecule has 0 aromatic rings. The highest BCUT2D eigenvalue weighted by Gasteiger charge is 2.86. The smallest absolute Gasteiger partial charge is 0.371 e. The molecule has 2 N–H and O–H groups in total. The molecule has 1 saturated carbocycles. The lowest BCUT2D eigenvalue weighted by Gasteiger charge is -2.57. The summed E-state index contributed by atoms with van der Waals surface area (Å²) in [5, 5.41) is 21.1. The molecule has 4 rings (SSSR count). The highest BCUT2D eigenvalue weighted by molar-refractivity contribution is 5.88. The van der Waals surface area contributed by atoms with Crippen LogP contribution in [0, 0.1) is 28.6 Å². The van der Waals surface area contributed by atoms with E-state index in [-0.39, 0.29) is 5.92 Å². The van der Waals surface area contributed by atoms with Crippen molar-refractivity contribution in [3.63, 3.8) is 0 Å². The van der Waals surface area contributed by atoms with Crippen LogP contribution in [0.4, 0.5) is 0 Å². The van der Waals surface area contributed by atoms with Gasteiger partial charge in [-0.15, -0.1) is 0 Å². The van der Waals surface area contributed by atoms with E-state index < -0.39 is 83.2 Å². The van der Waals surface area contributed by atoms with E-state index in [0.29, 0.717) is 12.8 Å². The summed E-state index contributed by atoms with van der Waals surface area (Å²) in [5.74, 6) is -6.02. The van der Waals surface area contributed by atoms with Crippen LogP contribution in [-0.4, -0.2) is 70.7 Å². The summed E-state index contributed by atoms with van der Waals surface area (Å²) < 4.78 is 17.0. The van der Waals surface area contributed by atoms with E-state index in [4.69, 9.17) is 24.0 Å². The third kappa shape index (κ3) is 3.27. The number of carbonyl (C=O) groups is 4. The van der Waals surface area contributed by atoms with Gasteiger partial charge in [-0.1, -0.05) is 40.5 Å². The number of carboxylic acid groups (broad SMARTS) is 1. The first kappa shape index (κ1) is 25.8. The molecule has 1 aliphatic carbocycles. The Kier molecular flexibility index (Phi) is 6.43. The molecule has 10 atom stereocenters. The van der Waals surface area contributed by atoms with Crippen LogP contribution in [0.5, 0.6) is 0 Å². The number of rotatable bonds is 6. The Morgan fingerprint density at radius 3 is 2.46 bits per heavy atom. The highest BCUT2D eigenvalue weighted by Crippen LogP contribution is 2.70. The van der Waals surface area contributed by atoms with Crippen LogP contribution >= 0.6 is 0 Å². The Labute approximate surface area is 203 Å². The summed E-state index contributed by atoms with van der Waals surface area (Å²) in [6.45, 7) is 7.82. The lowest BCUT2D eigenvalue weighted by Crippen LogP contribution is -2.69. The SMILES string of the molecule is CCCC[C@@H]1CC(C)OC(=O)C23OOC(=O)C(OCC(=O)O)C1(C)C2(C)[C@@H](O)C1OC(=O)C(C)[C@@H]13. The van der Waals surface area contributed by atoms with Gasteiger partial charge in [0, 0.05) is 5.41 Å². The molecule has 0 spiro atoms. The Balaban J connectivity index is 2.02. The Bertz CT molecular complexity index is 919. The summed E-state index contributed by atoms with van der Waals surface area (Å²) >= 11 is 0. The number of hydrogen-bond donors (Lipinski definition) is 2. The van der Waals surface area contributed by atoms with Crippen LogP contribution in [0.3, 0.4) is 0 Å². The Hall–Kier alpha value is -2.24. The van der Waals surface area contributed by atoms with Crippen LogP contribution in [0.1, 0.15) is 60.3 Å². The molecule has 4 fully saturated rings. The van der Waals surface area contributed by atoms with Crippen molar-refractivity contribution in [3.05, 3.63) is 0 Å². The fraction of sp³-hybridized carbons (Fsp3) is 0.833. The fourth-order valence-electron chi connectivity index (χ4n) is 7.26. The number of esters is 2. The minimum Gasteiger partial charge on any atom is -0.480 e. The zero-order chi connectivity index (χ0) is 25.9. The van der Waals surface area contributed by atoms with E-state index >= 15 is 0 Å². The molecular formula is C24H34O11. The standard InChI is InChI=1S/C24H34O11/c1-6-7-8-13-9-11(2)32-21(30)24-15-12(3)19(28)33-16(15)17(27)23(24,5)22(13,4)18(20(29)34-35-24)31-10-14(25)26/h11-13,15-18,27H,6-10H2,1-5H3,(H,25,26)/t11?,12?,13-,15+,16?,17+,18?,22?,23?,24?/m1/s1. The normalized spacial score (nSPS) is 46.9. The molecule has 35 heavy (non-hydrogen) atoms. The number of cyclic esters (lactones) is 1. The average Bonchev–Trinajstić information content (AvgIpc) is 3.15. The van der Waals surface area contributed by atoms with E-state index in [9.17, 15) is 29.4 Å². The van der Waals surface area contributed by atoms with Crippen molar-refractivity contribution in [3.8, 4) is 0 Å². The third-order valence-electron chi connectivity index (χ3n) is 9.15. The van der Waals surface area contributed by atoms with Gasteiger partial charge in [-0.3, -0.25) is 9.68 Å². The van der Waals surface area contributed by atoms with E-state index in [1.54, 1.807) is 27.7 Å². The van der Waals surface area contributed by atoms with Gasteiger partial charge in [0.2, 0.25) is 5.60 Å². The molecule has 0 aromatic carbocycles. The maximum Gasteiger partial charge on any atom is 0.371 e. The van der Waals surface area contributed by atoms with Gasteiger partial charge in [0.1, 0.15) is 18.8 Å². The second kappa shape index (κ2) is 8.70. The fourth-order valence-corrected chi connectivity index (χ4v) is 7.26. The number of carboxylic acids is 1. The molecule has 0 aromatic heterocycles. The molecule has 11 nitrogen and oxygen atoms in total. The van der Waals surface area contributed by atoms with Crippen molar-refractivity contribution in [2.75, 3.05) is 6.61 Å². The van der Waals surface area contributed by atoms with Gasteiger partial charge in [-0.05, 0) is 25.7 Å². The monoisotopic (exact) mass is 498 g/mol. The van der Waals surface area contributed by atoms with Crippen LogP contribution in [0.25, 0.3) is 0 Å². The molecule has 2 bridgehead atoms. The van der Waals surface area contributed by atoms with Gasteiger partial charge in [0.05, 0.1) is 23.4 Å². The number of aliphatic carboxylic acids is 1. The first-order valence-electron chi connectivity index (χ1n) is 12.2. The molecule has 11 heteroatoms. The van der Waals surface area contributed by atoms with Crippen molar-refractivity contribution >= 4 is 23.9 Å². The van der Waals surface area contributed by atoms with E-state index in [1.807, 2.05) is 6.92 Å². The largest absolute Gasteiger partial charge is 0.480 e. The summed E-state index contributed by atoms with van der Waals surface area (Å²) in [6, 6.07) is 0. The first-order valence-corrected chi connectivity index (χ1v) is 12.2. The number of aliphatic hydroxyl groups is 1. The predicted molar refractivity (Wildman–Crippen MR) is 115 cm³/mol. The van der Waals surface area contributed by atoms with Crippen molar-refractivity contribution < 1.29 is 53.4 Å². The van der Waals surface area contributed by atoms with Crippen LogP contribution in [0.2, 0.25) is 0 Å². The molecular weight excluding hydrogens is 464 g/mol. The van der Waals surface area contributed by atoms with Crippen molar-refractivity contribution in [1.82, 2.24) is 0 Å². The van der Waals surface area contributed by atoms with Gasteiger partial charge in [-0.25, -0.2) is 14.4 Å². The number of fused-ring (bicyclic) bond motifs is 1. The molecule has 0 amide bonds. The topological polar surface area (TPSA) is 155 Å². The van der Waals surface area contributed by atoms with Crippen molar-refractivity contribution in [1.29, 1.82) is 0 Å². The Morgan fingerprint density at radius 1 is 1.14 bits per heavy atom. The van der Waals surface area contributed by atoms with E-state index in [2.05, 4.69) is 0 Å². The minimum atomic E-state index is -2.09. The maximum atomic E-state index is 13.9. The van der Waals surface area contributed by atoms with Gasteiger partial charge >= 0.3 is 23.9 Å². The zero-order valence-electron chi connectivity index (χ0n) is 20.6. The maximum absolute atomic E-state index is 13.9. The molecule has 196 valence electrons. The zero-order valence-corrected chi connectivity index (χ0v) is 20.6. The Morgan fingerprint density at radius 2 is 1.83 bits per heavy atom. The second-order valence-corrected chi connectivity index (χ2v) is 10.7. The second-order valence-electron chi connectivity index (χ2n) is 10.7. The summed E-state index contributed by atoms with van der Waals surface area (Å²) in [6.07, 6.45) is -2.12. The number of unbranched alkanes of at least 4 members (excludes halogenated alkanes) is 1. The minimum absolute atomic E-state index is 0.339. The predicted octanol–water partition coefficient (Wildman–Crippen LogP) is 1.39. The van der Waals surface area contributed by atoms with E-state index in [0.717, 1.165) is 12.8 Å². The van der Waals surface area contributed by atoms with E-state index in [1.165, 1.54) is 0 Å². The molecule has 3 saturated heterocycles. The summed E-state index contributed by atoms with van der Waals surface area (Å²) in [5.41, 5.74) is -5.07. The summed E-state index contributed by atoms with van der Waals surface area (Å²) in [7, 11) is 0. The molecule has 4 aliphatic rings. The lowest BCUT2D eigenvalue weighted by molar-refractivity contribution is -0.361. The molecule has 3 aliphatic heterocycles. The van der Waals surface area contributed by atoms with Crippen LogP contribution in [0.15, 0.2) is 0 Å². The van der Waals surface area contributed by atoms with Crippen LogP contribution in [-0.2, 0) is 43.2 Å². The highest BCUT2D eigenvalue weighted by atomic mass is 17.2. The average molecular weight is 499 g/mol. The molecule has 7 unspecified atom stereocenters. The van der Waals surface area contributed by atoms with Gasteiger partial charge in [0.15, 0.2) is 6.10 Å².